The molecule has 0 saturated heterocycles. The van der Waals surface area contributed by atoms with Gasteiger partial charge in [-0.2, -0.15) is 0 Å². The lowest BCUT2D eigenvalue weighted by molar-refractivity contribution is -0.153. The van der Waals surface area contributed by atoms with Crippen molar-refractivity contribution in [3.8, 4) is 0 Å². The van der Waals surface area contributed by atoms with Crippen LogP contribution in [-0.4, -0.2) is 29.9 Å². The summed E-state index contributed by atoms with van der Waals surface area (Å²) in [5.41, 5.74) is 2.86. The lowest BCUT2D eigenvalue weighted by Gasteiger charge is -2.35. The lowest BCUT2D eigenvalue weighted by Crippen LogP contribution is -2.49. The lowest BCUT2D eigenvalue weighted by atomic mass is 9.93. The molecule has 0 saturated carbocycles. The molecule has 0 spiro atoms. The van der Waals surface area contributed by atoms with Crippen molar-refractivity contribution in [2.75, 3.05) is 7.11 Å². The Morgan fingerprint density at radius 2 is 1.84 bits per heavy atom. The van der Waals surface area contributed by atoms with Crippen LogP contribution in [0.25, 0.3) is 0 Å². The van der Waals surface area contributed by atoms with E-state index in [1.165, 1.54) is 7.11 Å². The van der Waals surface area contributed by atoms with Gasteiger partial charge < -0.3 is 9.64 Å². The number of hydrogen-bond acceptors (Lipinski definition) is 3. The van der Waals surface area contributed by atoms with Crippen LogP contribution in [0.1, 0.15) is 16.7 Å². The molecule has 1 unspecified atom stereocenters. The van der Waals surface area contributed by atoms with Crippen molar-refractivity contribution < 1.29 is 14.3 Å². The van der Waals surface area contributed by atoms with E-state index in [0.29, 0.717) is 23.0 Å². The minimum Gasteiger partial charge on any atom is -0.467 e. The Morgan fingerprint density at radius 3 is 2.52 bits per heavy atom. The largest absolute Gasteiger partial charge is 0.467 e. The van der Waals surface area contributed by atoms with E-state index in [1.807, 2.05) is 24.3 Å². The second kappa shape index (κ2) is 7.46. The summed E-state index contributed by atoms with van der Waals surface area (Å²) in [6.07, 6.45) is 0.600. The van der Waals surface area contributed by atoms with Gasteiger partial charge in [0.2, 0.25) is 5.91 Å². The fourth-order valence-electron chi connectivity index (χ4n) is 3.06. The molecule has 130 valence electrons. The Hall–Kier alpha value is -2.04. The summed E-state index contributed by atoms with van der Waals surface area (Å²) in [5, 5.41) is 0.845. The highest BCUT2D eigenvalue weighted by atomic mass is 35.5. The third-order valence-corrected chi connectivity index (χ3v) is 5.12. The van der Waals surface area contributed by atoms with Gasteiger partial charge in [0.05, 0.1) is 23.6 Å². The van der Waals surface area contributed by atoms with Crippen molar-refractivity contribution >= 4 is 35.1 Å². The smallest absolute Gasteiger partial charge is 0.328 e. The number of benzene rings is 2. The minimum absolute atomic E-state index is 0.145. The molecule has 1 aliphatic rings. The van der Waals surface area contributed by atoms with E-state index in [-0.39, 0.29) is 12.3 Å². The number of ether oxygens (including phenoxy) is 1. The Balaban J connectivity index is 1.85. The van der Waals surface area contributed by atoms with E-state index in [0.717, 1.165) is 16.7 Å². The molecule has 1 heterocycles. The average Bonchev–Trinajstić information content (AvgIpc) is 2.63. The highest BCUT2D eigenvalue weighted by Crippen LogP contribution is 2.26. The SMILES string of the molecule is COC(=O)C1Cc2ccccc2CN1C(=O)Cc1ccc(Cl)c(Cl)c1. The first-order chi connectivity index (χ1) is 12.0. The van der Waals surface area contributed by atoms with E-state index in [9.17, 15) is 9.59 Å². The van der Waals surface area contributed by atoms with Gasteiger partial charge in [0.1, 0.15) is 6.04 Å². The Kier molecular flexibility index (Phi) is 5.30. The third kappa shape index (κ3) is 3.80. The molecule has 1 aliphatic heterocycles. The maximum atomic E-state index is 12.8. The van der Waals surface area contributed by atoms with E-state index in [2.05, 4.69) is 0 Å². The van der Waals surface area contributed by atoms with Crippen LogP contribution < -0.4 is 0 Å². The molecule has 0 aliphatic carbocycles. The maximum Gasteiger partial charge on any atom is 0.328 e. The fraction of sp³-hybridized carbons (Fsp3) is 0.263. The summed E-state index contributed by atoms with van der Waals surface area (Å²) in [4.78, 5) is 26.6. The summed E-state index contributed by atoms with van der Waals surface area (Å²) in [6.45, 7) is 0.385. The van der Waals surface area contributed by atoms with Crippen molar-refractivity contribution in [1.82, 2.24) is 4.90 Å². The molecular formula is C19H17Cl2NO3. The first-order valence-electron chi connectivity index (χ1n) is 7.87. The Bertz CT molecular complexity index is 822. The number of nitrogens with zero attached hydrogens (tertiary/aromatic N) is 1. The molecule has 2 aromatic carbocycles. The van der Waals surface area contributed by atoms with Gasteiger partial charge in [0, 0.05) is 13.0 Å². The van der Waals surface area contributed by atoms with E-state index < -0.39 is 12.0 Å². The van der Waals surface area contributed by atoms with Gasteiger partial charge in [-0.15, -0.1) is 0 Å². The minimum atomic E-state index is -0.616. The summed E-state index contributed by atoms with van der Waals surface area (Å²) < 4.78 is 4.90. The van der Waals surface area contributed by atoms with Crippen LogP contribution in [0.2, 0.25) is 10.0 Å². The fourth-order valence-corrected chi connectivity index (χ4v) is 3.38. The standard InChI is InChI=1S/C19H17Cl2NO3/c1-25-19(24)17-10-13-4-2-3-5-14(13)11-22(17)18(23)9-12-6-7-15(20)16(21)8-12/h2-8,17H,9-11H2,1H3. The first kappa shape index (κ1) is 17.8. The summed E-state index contributed by atoms with van der Waals surface area (Å²) in [6, 6.07) is 12.3. The number of esters is 1. The maximum absolute atomic E-state index is 12.8. The zero-order valence-corrected chi connectivity index (χ0v) is 15.2. The molecule has 0 bridgehead atoms. The molecule has 6 heteroatoms. The number of carbonyl (C=O) groups excluding carboxylic acids is 2. The molecule has 0 aromatic heterocycles. The number of amides is 1. The topological polar surface area (TPSA) is 46.6 Å². The van der Waals surface area contributed by atoms with E-state index in [4.69, 9.17) is 27.9 Å². The van der Waals surface area contributed by atoms with Gasteiger partial charge in [-0.05, 0) is 28.8 Å². The van der Waals surface area contributed by atoms with Crippen LogP contribution in [0.5, 0.6) is 0 Å². The molecule has 1 amide bonds. The molecule has 4 nitrogen and oxygen atoms in total. The zero-order valence-electron chi connectivity index (χ0n) is 13.7. The number of halogens is 2. The van der Waals surface area contributed by atoms with Crippen molar-refractivity contribution in [3.63, 3.8) is 0 Å². The predicted octanol–water partition coefficient (Wildman–Crippen LogP) is 3.66. The van der Waals surface area contributed by atoms with Crippen molar-refractivity contribution in [1.29, 1.82) is 0 Å². The molecule has 25 heavy (non-hydrogen) atoms. The van der Waals surface area contributed by atoms with Crippen LogP contribution in [0.3, 0.4) is 0 Å². The summed E-state index contributed by atoms with van der Waals surface area (Å²) in [7, 11) is 1.34. The number of hydrogen-bond donors (Lipinski definition) is 0. The highest BCUT2D eigenvalue weighted by molar-refractivity contribution is 6.42. The molecule has 1 atom stereocenters. The van der Waals surface area contributed by atoms with E-state index >= 15 is 0 Å². The normalized spacial score (nSPS) is 16.3. The second-order valence-corrected chi connectivity index (χ2v) is 6.77. The first-order valence-corrected chi connectivity index (χ1v) is 8.63. The van der Waals surface area contributed by atoms with E-state index in [1.54, 1.807) is 23.1 Å². The monoisotopic (exact) mass is 377 g/mol. The van der Waals surface area contributed by atoms with Crippen molar-refractivity contribution in [3.05, 3.63) is 69.2 Å². The zero-order chi connectivity index (χ0) is 18.0. The van der Waals surface area contributed by atoms with Crippen molar-refractivity contribution in [2.24, 2.45) is 0 Å². The van der Waals surface area contributed by atoms with Crippen LogP contribution in [-0.2, 0) is 33.7 Å². The van der Waals surface area contributed by atoms with Crippen LogP contribution in [0.15, 0.2) is 42.5 Å². The molecule has 0 N–H and O–H groups in total. The van der Waals surface area contributed by atoms with Gasteiger partial charge >= 0.3 is 5.97 Å². The summed E-state index contributed by atoms with van der Waals surface area (Å²) in [5.74, 6) is -0.555. The predicted molar refractivity (Wildman–Crippen MR) is 96.7 cm³/mol. The summed E-state index contributed by atoms with van der Waals surface area (Å²) >= 11 is 11.9. The van der Waals surface area contributed by atoms with Gasteiger partial charge in [-0.25, -0.2) is 4.79 Å². The third-order valence-electron chi connectivity index (χ3n) is 4.38. The van der Waals surface area contributed by atoms with Gasteiger partial charge in [0.15, 0.2) is 0 Å². The molecule has 3 rings (SSSR count). The van der Waals surface area contributed by atoms with Crippen LogP contribution in [0.4, 0.5) is 0 Å². The quantitative estimate of drug-likeness (QED) is 0.766. The average molecular weight is 378 g/mol. The van der Waals surface area contributed by atoms with Gasteiger partial charge in [-0.3, -0.25) is 4.79 Å². The molecule has 2 aromatic rings. The number of fused-ring (bicyclic) bond motifs is 1. The Morgan fingerprint density at radius 1 is 1.12 bits per heavy atom. The highest BCUT2D eigenvalue weighted by Gasteiger charge is 2.35. The number of rotatable bonds is 3. The van der Waals surface area contributed by atoms with Crippen LogP contribution >= 0.6 is 23.2 Å². The van der Waals surface area contributed by atoms with Crippen LogP contribution in [0, 0.1) is 0 Å². The molecule has 0 fully saturated rings. The van der Waals surface area contributed by atoms with Gasteiger partial charge in [0.25, 0.3) is 0 Å². The molecular weight excluding hydrogens is 361 g/mol. The Labute approximate surface area is 156 Å². The molecule has 0 radical (unpaired) electrons. The number of methoxy groups -OCH3 is 1. The van der Waals surface area contributed by atoms with Crippen molar-refractivity contribution in [2.45, 2.75) is 25.4 Å². The number of carbonyl (C=O) groups is 2. The second-order valence-electron chi connectivity index (χ2n) is 5.96. The van der Waals surface area contributed by atoms with Gasteiger partial charge in [-0.1, -0.05) is 53.5 Å².